The lowest BCUT2D eigenvalue weighted by Gasteiger charge is -2.13. The number of rotatable bonds is 4. The first kappa shape index (κ1) is 20.7. The van der Waals surface area contributed by atoms with Crippen molar-refractivity contribution < 1.29 is 35.1 Å². The Kier molecular flexibility index (Phi) is 5.28. The van der Waals surface area contributed by atoms with Crippen molar-refractivity contribution in [3.63, 3.8) is 0 Å². The molecular weight excluding hydrogens is 419 g/mol. The summed E-state index contributed by atoms with van der Waals surface area (Å²) in [5.41, 5.74) is 0.342. The zero-order valence-electron chi connectivity index (χ0n) is 14.2. The van der Waals surface area contributed by atoms with Gasteiger partial charge in [-0.25, -0.2) is 22.3 Å². The maximum Gasteiger partial charge on any atom is 0.573 e. The van der Waals surface area contributed by atoms with Gasteiger partial charge in [0.2, 0.25) is 10.0 Å². The lowest BCUT2D eigenvalue weighted by molar-refractivity contribution is -0.274. The molecule has 11 heteroatoms. The Bertz CT molecular complexity index is 1160. The second kappa shape index (κ2) is 7.41. The van der Waals surface area contributed by atoms with Crippen LogP contribution in [0.1, 0.15) is 0 Å². The summed E-state index contributed by atoms with van der Waals surface area (Å²) in [7, 11) is -4.64. The molecule has 3 rings (SSSR count). The van der Waals surface area contributed by atoms with Crippen molar-refractivity contribution >= 4 is 10.0 Å². The molecule has 0 bridgehead atoms. The Morgan fingerprint density at radius 3 is 2.17 bits per heavy atom. The molecular formula is C18H11F5N2O3S. The molecule has 0 atom stereocenters. The minimum atomic E-state index is -4.90. The normalized spacial score (nSPS) is 12.1. The van der Waals surface area contributed by atoms with Crippen molar-refractivity contribution in [3.8, 4) is 28.1 Å². The number of ether oxygens (including phenoxy) is 1. The number of benzene rings is 2. The molecule has 5 nitrogen and oxygen atoms in total. The number of nitrogens with zero attached hydrogens (tertiary/aromatic N) is 1. The first-order valence-electron chi connectivity index (χ1n) is 7.79. The van der Waals surface area contributed by atoms with Crippen LogP contribution in [0, 0.1) is 11.6 Å². The topological polar surface area (TPSA) is 82.3 Å². The maximum absolute atomic E-state index is 14.2. The van der Waals surface area contributed by atoms with Gasteiger partial charge in [0.25, 0.3) is 0 Å². The first-order valence-corrected chi connectivity index (χ1v) is 9.34. The number of sulfonamides is 1. The summed E-state index contributed by atoms with van der Waals surface area (Å²) >= 11 is 0. The van der Waals surface area contributed by atoms with Crippen molar-refractivity contribution in [2.45, 2.75) is 11.3 Å². The number of hydrogen-bond acceptors (Lipinski definition) is 4. The molecule has 0 saturated carbocycles. The molecule has 1 aromatic heterocycles. The molecule has 1 heterocycles. The van der Waals surface area contributed by atoms with E-state index in [-0.39, 0.29) is 22.4 Å². The standard InChI is InChI=1S/C18H11F5N2O3S/c19-14-8-11(9-15(20)17(14)29(24,26)27)16-13(5-2-6-25-16)10-3-1-4-12(7-10)28-18(21,22)23/h1-9H,(H2,24,26,27). The van der Waals surface area contributed by atoms with Crippen LogP contribution < -0.4 is 9.88 Å². The highest BCUT2D eigenvalue weighted by Gasteiger charge is 2.31. The lowest BCUT2D eigenvalue weighted by Crippen LogP contribution is -2.17. The van der Waals surface area contributed by atoms with Crippen LogP contribution in [0.3, 0.4) is 0 Å². The highest BCUT2D eigenvalue weighted by Crippen LogP contribution is 2.35. The van der Waals surface area contributed by atoms with Gasteiger partial charge < -0.3 is 4.74 Å². The van der Waals surface area contributed by atoms with E-state index in [4.69, 9.17) is 5.14 Å². The van der Waals surface area contributed by atoms with Gasteiger partial charge in [-0.2, -0.15) is 0 Å². The quantitative estimate of drug-likeness (QED) is 0.628. The number of aromatic nitrogens is 1. The number of hydrogen-bond donors (Lipinski definition) is 1. The van der Waals surface area contributed by atoms with Crippen LogP contribution in [-0.2, 0) is 10.0 Å². The number of primary sulfonamides is 1. The average molecular weight is 430 g/mol. The van der Waals surface area contributed by atoms with E-state index in [1.165, 1.54) is 30.5 Å². The monoisotopic (exact) mass is 430 g/mol. The fourth-order valence-corrected chi connectivity index (χ4v) is 3.36. The van der Waals surface area contributed by atoms with Crippen molar-refractivity contribution in [3.05, 3.63) is 66.4 Å². The highest BCUT2D eigenvalue weighted by atomic mass is 32.2. The van der Waals surface area contributed by atoms with Crippen molar-refractivity contribution in [2.24, 2.45) is 5.14 Å². The molecule has 0 unspecified atom stereocenters. The van der Waals surface area contributed by atoms with Gasteiger partial charge in [-0.15, -0.1) is 13.2 Å². The molecule has 0 aliphatic carbocycles. The van der Waals surface area contributed by atoms with E-state index < -0.39 is 38.7 Å². The molecule has 0 aliphatic heterocycles. The molecule has 0 saturated heterocycles. The Morgan fingerprint density at radius 1 is 0.931 bits per heavy atom. The molecule has 3 aromatic rings. The summed E-state index contributed by atoms with van der Waals surface area (Å²) in [6.07, 6.45) is -3.59. The van der Waals surface area contributed by atoms with Crippen LogP contribution in [0.4, 0.5) is 22.0 Å². The summed E-state index contributed by atoms with van der Waals surface area (Å²) in [6, 6.07) is 9.33. The second-order valence-corrected chi connectivity index (χ2v) is 7.29. The SMILES string of the molecule is NS(=O)(=O)c1c(F)cc(-c2ncccc2-c2cccc(OC(F)(F)F)c2)cc1F. The van der Waals surface area contributed by atoms with Gasteiger partial charge in [-0.1, -0.05) is 18.2 Å². The number of pyridine rings is 1. The summed E-state index contributed by atoms with van der Waals surface area (Å²) < 4.78 is 92.4. The maximum atomic E-state index is 14.2. The van der Waals surface area contributed by atoms with Crippen LogP contribution in [0.15, 0.2) is 59.6 Å². The first-order chi connectivity index (χ1) is 13.5. The Morgan fingerprint density at radius 2 is 1.59 bits per heavy atom. The molecule has 0 amide bonds. The van der Waals surface area contributed by atoms with E-state index in [1.54, 1.807) is 0 Å². The van der Waals surface area contributed by atoms with Gasteiger partial charge in [0, 0.05) is 17.3 Å². The van der Waals surface area contributed by atoms with Gasteiger partial charge in [-0.3, -0.25) is 4.98 Å². The van der Waals surface area contributed by atoms with Crippen molar-refractivity contribution in [1.29, 1.82) is 0 Å². The lowest BCUT2D eigenvalue weighted by atomic mass is 9.99. The molecule has 29 heavy (non-hydrogen) atoms. The second-order valence-electron chi connectivity index (χ2n) is 5.79. The molecule has 2 aromatic carbocycles. The molecule has 0 spiro atoms. The Hall–Kier alpha value is -3.05. The summed E-state index contributed by atoms with van der Waals surface area (Å²) in [5.74, 6) is -3.34. The number of alkyl halides is 3. The third-order valence-corrected chi connectivity index (χ3v) is 4.70. The van der Waals surface area contributed by atoms with Crippen molar-refractivity contribution in [1.82, 2.24) is 4.98 Å². The predicted molar refractivity (Wildman–Crippen MR) is 93.1 cm³/mol. The zero-order chi connectivity index (χ0) is 21.4. The van der Waals surface area contributed by atoms with E-state index in [1.807, 2.05) is 0 Å². The van der Waals surface area contributed by atoms with Crippen LogP contribution in [0.5, 0.6) is 5.75 Å². The Labute approximate surface area is 161 Å². The van der Waals surface area contributed by atoms with E-state index in [9.17, 15) is 30.4 Å². The van der Waals surface area contributed by atoms with Gasteiger partial charge in [0.15, 0.2) is 4.90 Å². The largest absolute Gasteiger partial charge is 0.573 e. The third kappa shape index (κ3) is 4.69. The van der Waals surface area contributed by atoms with E-state index in [0.29, 0.717) is 0 Å². The van der Waals surface area contributed by atoms with Crippen LogP contribution in [0.25, 0.3) is 22.4 Å². The van der Waals surface area contributed by atoms with E-state index in [2.05, 4.69) is 9.72 Å². The van der Waals surface area contributed by atoms with E-state index in [0.717, 1.165) is 24.3 Å². The third-order valence-electron chi connectivity index (χ3n) is 3.74. The molecule has 0 aliphatic rings. The van der Waals surface area contributed by atoms with Crippen LogP contribution in [0.2, 0.25) is 0 Å². The fraction of sp³-hybridized carbons (Fsp3) is 0.0556. The molecule has 152 valence electrons. The number of halogens is 5. The minimum Gasteiger partial charge on any atom is -0.406 e. The molecule has 0 fully saturated rings. The van der Waals surface area contributed by atoms with Crippen LogP contribution in [-0.4, -0.2) is 19.8 Å². The molecule has 2 N–H and O–H groups in total. The van der Waals surface area contributed by atoms with Crippen molar-refractivity contribution in [2.75, 3.05) is 0 Å². The minimum absolute atomic E-state index is 0.00966. The van der Waals surface area contributed by atoms with Gasteiger partial charge in [0.1, 0.15) is 17.4 Å². The predicted octanol–water partition coefficient (Wildman–Crippen LogP) is 4.24. The summed E-state index contributed by atoms with van der Waals surface area (Å²) in [6.45, 7) is 0. The summed E-state index contributed by atoms with van der Waals surface area (Å²) in [4.78, 5) is 2.73. The highest BCUT2D eigenvalue weighted by molar-refractivity contribution is 7.89. The molecule has 0 radical (unpaired) electrons. The van der Waals surface area contributed by atoms with E-state index >= 15 is 0 Å². The average Bonchev–Trinajstić information content (AvgIpc) is 2.58. The van der Waals surface area contributed by atoms with Gasteiger partial charge in [-0.05, 0) is 35.9 Å². The smallest absolute Gasteiger partial charge is 0.406 e. The number of nitrogens with two attached hydrogens (primary N) is 1. The fourth-order valence-electron chi connectivity index (χ4n) is 2.70. The zero-order valence-corrected chi connectivity index (χ0v) is 15.1. The Balaban J connectivity index is 2.13. The van der Waals surface area contributed by atoms with Gasteiger partial charge >= 0.3 is 6.36 Å². The van der Waals surface area contributed by atoms with Gasteiger partial charge in [0.05, 0.1) is 5.69 Å². The van der Waals surface area contributed by atoms with Crippen LogP contribution >= 0.6 is 0 Å². The summed E-state index contributed by atoms with van der Waals surface area (Å²) in [5, 5.41) is 4.81.